The summed E-state index contributed by atoms with van der Waals surface area (Å²) in [6.45, 7) is 15.3. The van der Waals surface area contributed by atoms with Crippen LogP contribution in [0.1, 0.15) is 137 Å². The molecule has 30 heavy (non-hydrogen) atoms. The van der Waals surface area contributed by atoms with E-state index >= 15 is 0 Å². The molecule has 0 aliphatic rings. The van der Waals surface area contributed by atoms with Gasteiger partial charge >= 0.3 is 5.97 Å². The van der Waals surface area contributed by atoms with E-state index in [-0.39, 0.29) is 5.97 Å². The summed E-state index contributed by atoms with van der Waals surface area (Å²) >= 11 is 0. The number of carbonyl (C=O) groups excluding carboxylic acids is 1. The van der Waals surface area contributed by atoms with E-state index in [1.807, 2.05) is 0 Å². The van der Waals surface area contributed by atoms with Gasteiger partial charge in [-0.25, -0.2) is 4.79 Å². The molecule has 0 aromatic rings. The van der Waals surface area contributed by atoms with E-state index in [4.69, 9.17) is 4.74 Å². The van der Waals surface area contributed by atoms with Gasteiger partial charge in [0.05, 0.1) is 6.61 Å². The third-order valence-electron chi connectivity index (χ3n) is 6.09. The van der Waals surface area contributed by atoms with Crippen LogP contribution in [-0.2, 0) is 9.53 Å². The number of rotatable bonds is 21. The average molecular weight is 423 g/mol. The monoisotopic (exact) mass is 422 g/mol. The molecule has 2 nitrogen and oxygen atoms in total. The highest BCUT2D eigenvalue weighted by Gasteiger charge is 2.12. The van der Waals surface area contributed by atoms with Gasteiger partial charge in [-0.1, -0.05) is 124 Å². The summed E-state index contributed by atoms with van der Waals surface area (Å²) < 4.78 is 5.49. The molecule has 0 saturated carbocycles. The van der Waals surface area contributed by atoms with Crippen molar-refractivity contribution in [1.29, 1.82) is 0 Å². The lowest BCUT2D eigenvalue weighted by atomic mass is 9.94. The molecule has 0 heterocycles. The smallest absolute Gasteiger partial charge is 0.333 e. The summed E-state index contributed by atoms with van der Waals surface area (Å²) in [5, 5.41) is 0. The fraction of sp³-hybridized carbons (Fsp3) is 0.893. The van der Waals surface area contributed by atoms with E-state index in [1.54, 1.807) is 6.92 Å². The van der Waals surface area contributed by atoms with E-state index in [0.29, 0.717) is 18.1 Å². The van der Waals surface area contributed by atoms with Gasteiger partial charge in [0.15, 0.2) is 0 Å². The van der Waals surface area contributed by atoms with E-state index in [9.17, 15) is 4.79 Å². The molecule has 0 saturated heterocycles. The van der Waals surface area contributed by atoms with Crippen LogP contribution in [0.4, 0.5) is 0 Å². The molecule has 0 radical (unpaired) electrons. The van der Waals surface area contributed by atoms with Crippen molar-refractivity contribution in [3.05, 3.63) is 12.2 Å². The quantitative estimate of drug-likeness (QED) is 0.105. The van der Waals surface area contributed by atoms with Crippen molar-refractivity contribution in [3.8, 4) is 0 Å². The fourth-order valence-corrected chi connectivity index (χ4v) is 4.01. The molecule has 0 spiro atoms. The highest BCUT2D eigenvalue weighted by molar-refractivity contribution is 5.86. The standard InChI is InChI=1S/C28H54O2/c1-24(2)19-15-11-8-7-9-13-17-21-27(23-30-28(29)26(5)6)22-18-14-10-12-16-20-25(3)4/h24-25,27H,5,7-23H2,1-4,6H3. The molecule has 2 heteroatoms. The molecule has 178 valence electrons. The van der Waals surface area contributed by atoms with Gasteiger partial charge in [-0.3, -0.25) is 0 Å². The van der Waals surface area contributed by atoms with Crippen LogP contribution in [0.5, 0.6) is 0 Å². The predicted octanol–water partition coefficient (Wildman–Crippen LogP) is 9.28. The Morgan fingerprint density at radius 3 is 1.30 bits per heavy atom. The molecule has 0 aromatic carbocycles. The SMILES string of the molecule is C=C(C)C(=O)OCC(CCCCCCCCCC(C)C)CCCCCCCC(C)C. The maximum Gasteiger partial charge on any atom is 0.333 e. The molecule has 0 N–H and O–H groups in total. The summed E-state index contributed by atoms with van der Waals surface area (Å²) in [5.74, 6) is 1.98. The number of esters is 1. The topological polar surface area (TPSA) is 26.3 Å². The van der Waals surface area contributed by atoms with Crippen LogP contribution in [0, 0.1) is 17.8 Å². The Morgan fingerprint density at radius 2 is 0.967 bits per heavy atom. The van der Waals surface area contributed by atoms with Gasteiger partial charge in [0.25, 0.3) is 0 Å². The molecule has 1 atom stereocenters. The maximum absolute atomic E-state index is 11.8. The third kappa shape index (κ3) is 20.5. The van der Waals surface area contributed by atoms with Crippen molar-refractivity contribution in [2.75, 3.05) is 6.61 Å². The van der Waals surface area contributed by atoms with Crippen LogP contribution in [-0.4, -0.2) is 12.6 Å². The predicted molar refractivity (Wildman–Crippen MR) is 133 cm³/mol. The van der Waals surface area contributed by atoms with Crippen molar-refractivity contribution in [2.24, 2.45) is 17.8 Å². The number of unbranched alkanes of at least 4 members (excludes halogenated alkanes) is 10. The second-order valence-corrected chi connectivity index (χ2v) is 10.4. The Morgan fingerprint density at radius 1 is 0.633 bits per heavy atom. The van der Waals surface area contributed by atoms with Crippen LogP contribution in [0.3, 0.4) is 0 Å². The Bertz CT molecular complexity index is 411. The summed E-state index contributed by atoms with van der Waals surface area (Å²) in [4.78, 5) is 11.8. The van der Waals surface area contributed by atoms with E-state index in [1.165, 1.54) is 103 Å². The first-order chi connectivity index (χ1) is 14.3. The van der Waals surface area contributed by atoms with E-state index in [2.05, 4.69) is 34.3 Å². The lowest BCUT2D eigenvalue weighted by Crippen LogP contribution is -2.15. The maximum atomic E-state index is 11.8. The molecule has 0 amide bonds. The van der Waals surface area contributed by atoms with Gasteiger partial charge in [0.2, 0.25) is 0 Å². The van der Waals surface area contributed by atoms with Crippen LogP contribution < -0.4 is 0 Å². The molecule has 0 bridgehead atoms. The summed E-state index contributed by atoms with van der Waals surface area (Å²) in [6.07, 6.45) is 21.3. The Labute approximate surface area is 189 Å². The molecule has 0 rings (SSSR count). The molecular formula is C28H54O2. The zero-order valence-corrected chi connectivity index (χ0v) is 21.3. The largest absolute Gasteiger partial charge is 0.462 e. The van der Waals surface area contributed by atoms with Gasteiger partial charge in [0.1, 0.15) is 0 Å². The first-order valence-corrected chi connectivity index (χ1v) is 13.2. The zero-order chi connectivity index (χ0) is 22.6. The minimum Gasteiger partial charge on any atom is -0.462 e. The second kappa shape index (κ2) is 20.1. The van der Waals surface area contributed by atoms with Crippen LogP contribution in [0.15, 0.2) is 12.2 Å². The highest BCUT2D eigenvalue weighted by atomic mass is 16.5. The third-order valence-corrected chi connectivity index (χ3v) is 6.09. The van der Waals surface area contributed by atoms with Crippen molar-refractivity contribution in [3.63, 3.8) is 0 Å². The van der Waals surface area contributed by atoms with E-state index < -0.39 is 0 Å². The molecular weight excluding hydrogens is 368 g/mol. The van der Waals surface area contributed by atoms with E-state index in [0.717, 1.165) is 11.8 Å². The molecule has 0 aliphatic carbocycles. The average Bonchev–Trinajstić information content (AvgIpc) is 2.68. The summed E-state index contributed by atoms with van der Waals surface area (Å²) in [6, 6.07) is 0. The van der Waals surface area contributed by atoms with Gasteiger partial charge in [-0.2, -0.15) is 0 Å². The van der Waals surface area contributed by atoms with Crippen molar-refractivity contribution in [2.45, 2.75) is 137 Å². The zero-order valence-electron chi connectivity index (χ0n) is 21.3. The van der Waals surface area contributed by atoms with Crippen molar-refractivity contribution in [1.82, 2.24) is 0 Å². The van der Waals surface area contributed by atoms with Crippen molar-refractivity contribution >= 4 is 5.97 Å². The molecule has 0 fully saturated rings. The second-order valence-electron chi connectivity index (χ2n) is 10.4. The minimum atomic E-state index is -0.227. The minimum absolute atomic E-state index is 0.227. The number of hydrogen-bond acceptors (Lipinski definition) is 2. The molecule has 0 aromatic heterocycles. The number of hydrogen-bond donors (Lipinski definition) is 0. The lowest BCUT2D eigenvalue weighted by Gasteiger charge is -2.17. The Kier molecular flexibility index (Phi) is 19.6. The number of carbonyl (C=O) groups is 1. The van der Waals surface area contributed by atoms with Gasteiger partial charge in [-0.05, 0) is 37.5 Å². The Balaban J connectivity index is 3.93. The van der Waals surface area contributed by atoms with Gasteiger partial charge in [0, 0.05) is 5.57 Å². The molecule has 1 unspecified atom stereocenters. The van der Waals surface area contributed by atoms with Gasteiger partial charge in [-0.15, -0.1) is 0 Å². The van der Waals surface area contributed by atoms with Crippen molar-refractivity contribution < 1.29 is 9.53 Å². The van der Waals surface area contributed by atoms with Crippen LogP contribution in [0.2, 0.25) is 0 Å². The first-order valence-electron chi connectivity index (χ1n) is 13.2. The molecule has 0 aliphatic heterocycles. The highest BCUT2D eigenvalue weighted by Crippen LogP contribution is 2.21. The van der Waals surface area contributed by atoms with Gasteiger partial charge < -0.3 is 4.74 Å². The van der Waals surface area contributed by atoms with Crippen LogP contribution >= 0.6 is 0 Å². The van der Waals surface area contributed by atoms with Crippen LogP contribution in [0.25, 0.3) is 0 Å². The Hall–Kier alpha value is -0.790. The normalized spacial score (nSPS) is 12.5. The summed E-state index contributed by atoms with van der Waals surface area (Å²) in [7, 11) is 0. The first kappa shape index (κ1) is 29.2. The fourth-order valence-electron chi connectivity index (χ4n) is 4.01. The number of ether oxygens (including phenoxy) is 1. The lowest BCUT2D eigenvalue weighted by molar-refractivity contribution is -0.140. The summed E-state index contributed by atoms with van der Waals surface area (Å²) in [5.41, 5.74) is 0.511.